The van der Waals surface area contributed by atoms with E-state index in [9.17, 15) is 0 Å². The fourth-order valence-corrected chi connectivity index (χ4v) is 2.04. The van der Waals surface area contributed by atoms with E-state index >= 15 is 0 Å². The average Bonchev–Trinajstić information content (AvgIpc) is 3.03. The van der Waals surface area contributed by atoms with Crippen molar-refractivity contribution >= 4 is 5.90 Å². The maximum absolute atomic E-state index is 5.62. The second-order valence-corrected chi connectivity index (χ2v) is 4.64. The highest BCUT2D eigenvalue weighted by molar-refractivity contribution is 5.79. The second kappa shape index (κ2) is 6.64. The molecule has 1 aliphatic rings. The van der Waals surface area contributed by atoms with Crippen LogP contribution >= 0.6 is 0 Å². The molecule has 1 aliphatic heterocycles. The van der Waals surface area contributed by atoms with E-state index in [0.717, 1.165) is 11.3 Å². The SMILES string of the molecule is C#CCOc1ccc([C@H]2CC(Oc3cccnc3)=NO2)cc1. The van der Waals surface area contributed by atoms with Crippen LogP contribution in [0.3, 0.4) is 0 Å². The van der Waals surface area contributed by atoms with Gasteiger partial charge in [-0.15, -0.1) is 6.42 Å². The third kappa shape index (κ3) is 3.36. The fourth-order valence-electron chi connectivity index (χ4n) is 2.04. The van der Waals surface area contributed by atoms with Gasteiger partial charge in [-0.1, -0.05) is 23.2 Å². The molecule has 0 fully saturated rings. The van der Waals surface area contributed by atoms with Crippen molar-refractivity contribution in [3.63, 3.8) is 0 Å². The van der Waals surface area contributed by atoms with Crippen LogP contribution in [0.25, 0.3) is 0 Å². The first-order chi connectivity index (χ1) is 10.8. The molecule has 0 aliphatic carbocycles. The normalized spacial score (nSPS) is 16.3. The van der Waals surface area contributed by atoms with E-state index in [4.69, 9.17) is 20.7 Å². The number of oxime groups is 1. The number of rotatable bonds is 4. The zero-order valence-corrected chi connectivity index (χ0v) is 11.8. The summed E-state index contributed by atoms with van der Waals surface area (Å²) >= 11 is 0. The van der Waals surface area contributed by atoms with Crippen molar-refractivity contribution in [2.45, 2.75) is 12.5 Å². The van der Waals surface area contributed by atoms with Crippen molar-refractivity contribution in [1.82, 2.24) is 4.98 Å². The highest BCUT2D eigenvalue weighted by Crippen LogP contribution is 2.29. The molecule has 2 heterocycles. The van der Waals surface area contributed by atoms with Crippen LogP contribution < -0.4 is 9.47 Å². The number of ether oxygens (including phenoxy) is 2. The molecule has 2 aromatic rings. The van der Waals surface area contributed by atoms with Crippen LogP contribution in [0.1, 0.15) is 18.1 Å². The van der Waals surface area contributed by atoms with Crippen LogP contribution in [-0.2, 0) is 4.84 Å². The summed E-state index contributed by atoms with van der Waals surface area (Å²) in [5, 5.41) is 3.97. The lowest BCUT2D eigenvalue weighted by Gasteiger charge is -2.09. The minimum absolute atomic E-state index is 0.159. The van der Waals surface area contributed by atoms with Gasteiger partial charge in [0.05, 0.1) is 12.6 Å². The number of benzene rings is 1. The summed E-state index contributed by atoms with van der Waals surface area (Å²) in [6, 6.07) is 11.2. The van der Waals surface area contributed by atoms with E-state index in [2.05, 4.69) is 16.1 Å². The maximum Gasteiger partial charge on any atom is 0.235 e. The molecule has 0 saturated carbocycles. The van der Waals surface area contributed by atoms with E-state index in [0.29, 0.717) is 18.1 Å². The minimum Gasteiger partial charge on any atom is -0.481 e. The summed E-state index contributed by atoms with van der Waals surface area (Å²) in [6.07, 6.45) is 8.89. The molecule has 5 heteroatoms. The first kappa shape index (κ1) is 14.0. The van der Waals surface area contributed by atoms with Gasteiger partial charge in [0.2, 0.25) is 5.90 Å². The van der Waals surface area contributed by atoms with Crippen molar-refractivity contribution in [3.8, 4) is 23.8 Å². The molecule has 3 rings (SSSR count). The number of pyridine rings is 1. The summed E-state index contributed by atoms with van der Waals surface area (Å²) in [5.41, 5.74) is 1.00. The molecule has 22 heavy (non-hydrogen) atoms. The lowest BCUT2D eigenvalue weighted by Crippen LogP contribution is -2.07. The number of terminal acetylenes is 1. The summed E-state index contributed by atoms with van der Waals surface area (Å²) in [7, 11) is 0. The monoisotopic (exact) mass is 294 g/mol. The van der Waals surface area contributed by atoms with Crippen LogP contribution in [0.4, 0.5) is 0 Å². The Kier molecular flexibility index (Phi) is 4.21. The third-order valence-corrected chi connectivity index (χ3v) is 3.09. The molecule has 1 aromatic heterocycles. The molecular formula is C17H14N2O3. The molecule has 0 bridgehead atoms. The van der Waals surface area contributed by atoms with E-state index < -0.39 is 0 Å². The largest absolute Gasteiger partial charge is 0.481 e. The molecule has 5 nitrogen and oxygen atoms in total. The first-order valence-corrected chi connectivity index (χ1v) is 6.82. The highest BCUT2D eigenvalue weighted by atomic mass is 16.7. The number of hydrogen-bond donors (Lipinski definition) is 0. The zero-order chi connectivity index (χ0) is 15.2. The quantitative estimate of drug-likeness (QED) is 0.814. The lowest BCUT2D eigenvalue weighted by molar-refractivity contribution is 0.0855. The molecule has 110 valence electrons. The number of nitrogens with zero attached hydrogens (tertiary/aromatic N) is 2. The molecule has 0 amide bonds. The van der Waals surface area contributed by atoms with Gasteiger partial charge < -0.3 is 14.3 Å². The summed E-state index contributed by atoms with van der Waals surface area (Å²) in [5.74, 6) is 4.33. The Labute approximate surface area is 128 Å². The Bertz CT molecular complexity index is 690. The topological polar surface area (TPSA) is 52.9 Å². The van der Waals surface area contributed by atoms with Crippen LogP contribution in [0.5, 0.6) is 11.5 Å². The number of hydrogen-bond acceptors (Lipinski definition) is 5. The third-order valence-electron chi connectivity index (χ3n) is 3.09. The molecular weight excluding hydrogens is 280 g/mol. The Balaban J connectivity index is 1.58. The van der Waals surface area contributed by atoms with E-state index in [-0.39, 0.29) is 12.7 Å². The van der Waals surface area contributed by atoms with Gasteiger partial charge in [0.25, 0.3) is 0 Å². The van der Waals surface area contributed by atoms with Crippen molar-refractivity contribution < 1.29 is 14.3 Å². The van der Waals surface area contributed by atoms with Crippen molar-refractivity contribution in [2.24, 2.45) is 5.16 Å². The van der Waals surface area contributed by atoms with Crippen LogP contribution in [0.2, 0.25) is 0 Å². The fraction of sp³-hybridized carbons (Fsp3) is 0.176. The van der Waals surface area contributed by atoms with Crippen molar-refractivity contribution in [2.75, 3.05) is 6.61 Å². The van der Waals surface area contributed by atoms with Crippen molar-refractivity contribution in [1.29, 1.82) is 0 Å². The summed E-state index contributed by atoms with van der Waals surface area (Å²) < 4.78 is 11.0. The predicted molar refractivity (Wildman–Crippen MR) is 81.5 cm³/mol. The maximum atomic E-state index is 5.62. The van der Waals surface area contributed by atoms with Gasteiger partial charge in [0.15, 0.2) is 6.10 Å². The van der Waals surface area contributed by atoms with E-state index in [1.165, 1.54) is 0 Å². The van der Waals surface area contributed by atoms with Crippen LogP contribution in [-0.4, -0.2) is 17.5 Å². The minimum atomic E-state index is -0.159. The van der Waals surface area contributed by atoms with Crippen LogP contribution in [0.15, 0.2) is 53.9 Å². The smallest absolute Gasteiger partial charge is 0.235 e. The molecule has 0 spiro atoms. The molecule has 0 N–H and O–H groups in total. The Morgan fingerprint density at radius 2 is 2.09 bits per heavy atom. The molecule has 0 saturated heterocycles. The van der Waals surface area contributed by atoms with E-state index in [1.54, 1.807) is 18.5 Å². The van der Waals surface area contributed by atoms with Gasteiger partial charge in [0, 0.05) is 6.20 Å². The van der Waals surface area contributed by atoms with Gasteiger partial charge >= 0.3 is 0 Å². The van der Waals surface area contributed by atoms with Gasteiger partial charge in [-0.05, 0) is 29.8 Å². The Morgan fingerprint density at radius 1 is 1.23 bits per heavy atom. The Morgan fingerprint density at radius 3 is 2.82 bits per heavy atom. The first-order valence-electron chi connectivity index (χ1n) is 6.82. The lowest BCUT2D eigenvalue weighted by atomic mass is 10.1. The summed E-state index contributed by atoms with van der Waals surface area (Å²) in [6.45, 7) is 0.255. The predicted octanol–water partition coefficient (Wildman–Crippen LogP) is 2.95. The molecule has 1 atom stereocenters. The summed E-state index contributed by atoms with van der Waals surface area (Å²) in [4.78, 5) is 9.40. The van der Waals surface area contributed by atoms with Gasteiger partial charge in [-0.2, -0.15) is 0 Å². The molecule has 0 radical (unpaired) electrons. The number of aromatic nitrogens is 1. The van der Waals surface area contributed by atoms with Gasteiger partial charge in [-0.25, -0.2) is 0 Å². The Hall–Kier alpha value is -3.00. The standard InChI is InChI=1S/C17H14N2O3/c1-2-10-20-14-7-5-13(6-8-14)16-11-17(19-22-16)21-15-4-3-9-18-12-15/h1,3-9,12,16H,10-11H2/t16-/m1/s1. The highest BCUT2D eigenvalue weighted by Gasteiger charge is 2.24. The van der Waals surface area contributed by atoms with Gasteiger partial charge in [-0.3, -0.25) is 4.98 Å². The van der Waals surface area contributed by atoms with Crippen molar-refractivity contribution in [3.05, 3.63) is 54.4 Å². The van der Waals surface area contributed by atoms with Crippen LogP contribution in [0, 0.1) is 12.3 Å². The van der Waals surface area contributed by atoms with E-state index in [1.807, 2.05) is 30.3 Å². The average molecular weight is 294 g/mol. The molecule has 1 aromatic carbocycles. The second-order valence-electron chi connectivity index (χ2n) is 4.64. The zero-order valence-electron chi connectivity index (χ0n) is 11.8. The van der Waals surface area contributed by atoms with Gasteiger partial charge in [0.1, 0.15) is 18.1 Å². The molecule has 0 unspecified atom stereocenters.